The number of carbonyl (C=O) groups is 2. The first-order chi connectivity index (χ1) is 10.4. The molecule has 2 N–H and O–H groups in total. The molecule has 2 heterocycles. The second-order valence-electron chi connectivity index (χ2n) is 5.46. The van der Waals surface area contributed by atoms with Crippen LogP contribution in [0, 0.1) is 6.92 Å². The van der Waals surface area contributed by atoms with E-state index in [4.69, 9.17) is 11.6 Å². The van der Waals surface area contributed by atoms with Crippen LogP contribution in [0.4, 0.5) is 4.39 Å². The Labute approximate surface area is 130 Å². The van der Waals surface area contributed by atoms with Crippen LogP contribution in [0.3, 0.4) is 0 Å². The normalized spacial score (nSPS) is 21.5. The van der Waals surface area contributed by atoms with Gasteiger partial charge in [0, 0.05) is 28.0 Å². The molecular formula is C15H14ClFN2O3. The number of likely N-dealkylation sites (tertiary alicyclic amines) is 1. The van der Waals surface area contributed by atoms with Crippen molar-refractivity contribution in [3.05, 3.63) is 34.5 Å². The standard InChI is InChI=1S/C15H14ClFN2O3/c1-7-13(10-4-8(16)2-3-11(10)18-7)14(20)19-6-9(17)5-12(19)15(21)22/h2-4,9,12,18H,5-6H2,1H3,(H,21,22)/t9-,12-/m0/s1. The third-order valence-electron chi connectivity index (χ3n) is 3.96. The van der Waals surface area contributed by atoms with Crippen molar-refractivity contribution in [3.8, 4) is 0 Å². The van der Waals surface area contributed by atoms with Crippen molar-refractivity contribution in [3.63, 3.8) is 0 Å². The maximum atomic E-state index is 13.6. The minimum atomic E-state index is -1.32. The predicted octanol–water partition coefficient (Wildman–Crippen LogP) is 2.77. The zero-order chi connectivity index (χ0) is 16.0. The van der Waals surface area contributed by atoms with Crippen LogP contribution in [-0.4, -0.2) is 45.6 Å². The molecule has 1 fully saturated rings. The number of fused-ring (bicyclic) bond motifs is 1. The van der Waals surface area contributed by atoms with Crippen LogP contribution in [0.5, 0.6) is 0 Å². The number of aliphatic carboxylic acids is 1. The smallest absolute Gasteiger partial charge is 0.326 e. The number of nitrogens with one attached hydrogen (secondary N) is 1. The van der Waals surface area contributed by atoms with Crippen molar-refractivity contribution in [1.29, 1.82) is 0 Å². The van der Waals surface area contributed by atoms with Crippen molar-refractivity contribution in [2.24, 2.45) is 0 Å². The molecule has 5 nitrogen and oxygen atoms in total. The van der Waals surface area contributed by atoms with Gasteiger partial charge >= 0.3 is 5.97 Å². The topological polar surface area (TPSA) is 73.4 Å². The number of halogens is 2. The van der Waals surface area contributed by atoms with E-state index in [1.54, 1.807) is 25.1 Å². The summed E-state index contributed by atoms with van der Waals surface area (Å²) in [4.78, 5) is 28.1. The Hall–Kier alpha value is -2.08. The van der Waals surface area contributed by atoms with E-state index >= 15 is 0 Å². The van der Waals surface area contributed by atoms with Crippen molar-refractivity contribution in [1.82, 2.24) is 9.88 Å². The monoisotopic (exact) mass is 324 g/mol. The number of aromatic amines is 1. The number of aromatic nitrogens is 1. The third kappa shape index (κ3) is 2.33. The molecule has 1 aromatic carbocycles. The number of nitrogens with zero attached hydrogens (tertiary/aromatic N) is 1. The van der Waals surface area contributed by atoms with Gasteiger partial charge in [0.25, 0.3) is 5.91 Å². The zero-order valence-electron chi connectivity index (χ0n) is 11.8. The molecule has 7 heteroatoms. The summed E-state index contributed by atoms with van der Waals surface area (Å²) in [5, 5.41) is 10.3. The van der Waals surface area contributed by atoms with Crippen LogP contribution in [0.25, 0.3) is 10.9 Å². The minimum Gasteiger partial charge on any atom is -0.480 e. The minimum absolute atomic E-state index is 0.177. The Morgan fingerprint density at radius 3 is 2.86 bits per heavy atom. The molecule has 2 aromatic rings. The van der Waals surface area contributed by atoms with E-state index in [1.807, 2.05) is 0 Å². The summed E-state index contributed by atoms with van der Waals surface area (Å²) >= 11 is 5.97. The van der Waals surface area contributed by atoms with Gasteiger partial charge in [0.2, 0.25) is 0 Å². The zero-order valence-corrected chi connectivity index (χ0v) is 12.5. The quantitative estimate of drug-likeness (QED) is 0.892. The molecule has 1 amide bonds. The van der Waals surface area contributed by atoms with E-state index in [-0.39, 0.29) is 13.0 Å². The lowest BCUT2D eigenvalue weighted by Crippen LogP contribution is -2.40. The van der Waals surface area contributed by atoms with Gasteiger partial charge in [0.1, 0.15) is 12.2 Å². The van der Waals surface area contributed by atoms with Crippen LogP contribution in [-0.2, 0) is 4.79 Å². The van der Waals surface area contributed by atoms with Gasteiger partial charge in [0.05, 0.1) is 12.1 Å². The number of rotatable bonds is 2. The van der Waals surface area contributed by atoms with Gasteiger partial charge in [-0.3, -0.25) is 4.79 Å². The highest BCUT2D eigenvalue weighted by atomic mass is 35.5. The Morgan fingerprint density at radius 1 is 1.45 bits per heavy atom. The third-order valence-corrected chi connectivity index (χ3v) is 4.19. The molecule has 1 saturated heterocycles. The molecule has 0 unspecified atom stereocenters. The number of benzene rings is 1. The van der Waals surface area contributed by atoms with Gasteiger partial charge in [0.15, 0.2) is 0 Å². The van der Waals surface area contributed by atoms with Crippen molar-refractivity contribution in [2.75, 3.05) is 6.54 Å². The largest absolute Gasteiger partial charge is 0.480 e. The summed E-state index contributed by atoms with van der Waals surface area (Å²) in [6, 6.07) is 3.96. The molecule has 0 aliphatic carbocycles. The molecule has 1 aromatic heterocycles. The summed E-state index contributed by atoms with van der Waals surface area (Å²) in [5.41, 5.74) is 1.68. The summed E-state index contributed by atoms with van der Waals surface area (Å²) in [6.07, 6.45) is -1.50. The average Bonchev–Trinajstić information content (AvgIpc) is 2.98. The number of alkyl halides is 1. The first kappa shape index (κ1) is 14.8. The van der Waals surface area contributed by atoms with Crippen molar-refractivity contribution in [2.45, 2.75) is 25.6 Å². The SMILES string of the molecule is Cc1[nH]c2ccc(Cl)cc2c1C(=O)N1C[C@@H](F)C[C@H]1C(=O)O. The fourth-order valence-corrected chi connectivity index (χ4v) is 3.13. The van der Waals surface area contributed by atoms with E-state index in [0.717, 1.165) is 10.4 Å². The van der Waals surface area contributed by atoms with E-state index in [2.05, 4.69) is 4.98 Å². The number of amides is 1. The number of H-pyrrole nitrogens is 1. The number of carboxylic acids is 1. The van der Waals surface area contributed by atoms with E-state index < -0.39 is 24.1 Å². The molecule has 2 atom stereocenters. The van der Waals surface area contributed by atoms with Crippen molar-refractivity contribution < 1.29 is 19.1 Å². The molecule has 116 valence electrons. The summed E-state index contributed by atoms with van der Waals surface area (Å²) in [6.45, 7) is 1.52. The maximum absolute atomic E-state index is 13.6. The Bertz CT molecular complexity index is 773. The van der Waals surface area contributed by atoms with E-state index in [9.17, 15) is 19.1 Å². The maximum Gasteiger partial charge on any atom is 0.326 e. The van der Waals surface area contributed by atoms with Gasteiger partial charge in [-0.15, -0.1) is 0 Å². The van der Waals surface area contributed by atoms with Crippen LogP contribution >= 0.6 is 11.6 Å². The Balaban J connectivity index is 2.07. The predicted molar refractivity (Wildman–Crippen MR) is 80.0 cm³/mol. The molecule has 22 heavy (non-hydrogen) atoms. The van der Waals surface area contributed by atoms with E-state index in [0.29, 0.717) is 21.7 Å². The molecule has 0 radical (unpaired) electrons. The Kier molecular flexibility index (Phi) is 3.56. The average molecular weight is 325 g/mol. The highest BCUT2D eigenvalue weighted by Crippen LogP contribution is 2.29. The van der Waals surface area contributed by atoms with Crippen LogP contribution in [0.1, 0.15) is 22.5 Å². The highest BCUT2D eigenvalue weighted by molar-refractivity contribution is 6.31. The molecule has 1 aliphatic rings. The summed E-state index contributed by atoms with van der Waals surface area (Å²) in [5.74, 6) is -1.68. The first-order valence-corrected chi connectivity index (χ1v) is 7.22. The van der Waals surface area contributed by atoms with Crippen LogP contribution in [0.15, 0.2) is 18.2 Å². The van der Waals surface area contributed by atoms with Gasteiger partial charge in [-0.2, -0.15) is 0 Å². The molecule has 0 spiro atoms. The molecule has 0 saturated carbocycles. The fraction of sp³-hybridized carbons (Fsp3) is 0.333. The van der Waals surface area contributed by atoms with Crippen molar-refractivity contribution >= 4 is 34.4 Å². The lowest BCUT2D eigenvalue weighted by atomic mass is 10.1. The summed E-state index contributed by atoms with van der Waals surface area (Å²) in [7, 11) is 0. The second kappa shape index (κ2) is 5.28. The lowest BCUT2D eigenvalue weighted by Gasteiger charge is -2.21. The fourth-order valence-electron chi connectivity index (χ4n) is 2.96. The number of hydrogen-bond acceptors (Lipinski definition) is 2. The first-order valence-electron chi connectivity index (χ1n) is 6.84. The molecule has 1 aliphatic heterocycles. The summed E-state index contributed by atoms with van der Waals surface area (Å²) < 4.78 is 13.6. The second-order valence-corrected chi connectivity index (χ2v) is 5.90. The number of carboxylic acid groups (broad SMARTS) is 1. The van der Waals surface area contributed by atoms with Gasteiger partial charge in [-0.1, -0.05) is 11.6 Å². The van der Waals surface area contributed by atoms with E-state index in [1.165, 1.54) is 0 Å². The van der Waals surface area contributed by atoms with Gasteiger partial charge in [-0.05, 0) is 25.1 Å². The lowest BCUT2D eigenvalue weighted by molar-refractivity contribution is -0.141. The van der Waals surface area contributed by atoms with Crippen LogP contribution < -0.4 is 0 Å². The molecule has 3 rings (SSSR count). The number of hydrogen-bond donors (Lipinski definition) is 2. The van der Waals surface area contributed by atoms with Gasteiger partial charge < -0.3 is 15.0 Å². The van der Waals surface area contributed by atoms with Gasteiger partial charge in [-0.25, -0.2) is 9.18 Å². The Morgan fingerprint density at radius 2 is 2.18 bits per heavy atom. The highest BCUT2D eigenvalue weighted by Gasteiger charge is 2.41. The molecule has 0 bridgehead atoms. The van der Waals surface area contributed by atoms with Crippen LogP contribution in [0.2, 0.25) is 5.02 Å². The number of carbonyl (C=O) groups excluding carboxylic acids is 1. The molecular weight excluding hydrogens is 311 g/mol. The number of aryl methyl sites for hydroxylation is 1.